The molecule has 2 amide bonds. The highest BCUT2D eigenvalue weighted by Gasteiger charge is 2.23. The van der Waals surface area contributed by atoms with Gasteiger partial charge in [0, 0.05) is 12.1 Å². The maximum absolute atomic E-state index is 12.6. The van der Waals surface area contributed by atoms with Crippen LogP contribution in [0.3, 0.4) is 0 Å². The molecule has 3 rings (SSSR count). The fourth-order valence-electron chi connectivity index (χ4n) is 4.01. The first-order valence-electron chi connectivity index (χ1n) is 9.53. The van der Waals surface area contributed by atoms with Crippen LogP contribution < -0.4 is 10.6 Å². The molecule has 2 saturated carbocycles. The van der Waals surface area contributed by atoms with Crippen LogP contribution in [-0.2, 0) is 4.79 Å². The summed E-state index contributed by atoms with van der Waals surface area (Å²) < 4.78 is 0. The Balaban J connectivity index is 1.59. The number of likely N-dealkylation sites (N-methyl/N-ethyl adjacent to an activating group) is 1. The molecule has 2 aliphatic carbocycles. The van der Waals surface area contributed by atoms with E-state index in [1.165, 1.54) is 38.5 Å². The molecule has 2 aliphatic rings. The van der Waals surface area contributed by atoms with Gasteiger partial charge in [0.05, 0.1) is 17.8 Å². The Hall–Kier alpha value is -1.88. The number of benzene rings is 1. The molecule has 0 atom stereocenters. The van der Waals surface area contributed by atoms with Crippen molar-refractivity contribution in [1.29, 1.82) is 0 Å². The number of amides is 2. The summed E-state index contributed by atoms with van der Waals surface area (Å²) in [6.07, 6.45) is 9.29. The topological polar surface area (TPSA) is 61.4 Å². The van der Waals surface area contributed by atoms with Crippen LogP contribution in [0.25, 0.3) is 0 Å². The van der Waals surface area contributed by atoms with E-state index < -0.39 is 0 Å². The lowest BCUT2D eigenvalue weighted by atomic mass is 10.1. The standard InChI is InChI=1S/C20H29N3O2/c1-23(16-10-4-5-11-16)14-19(24)22-18-13-7-6-12-17(18)20(25)21-15-8-2-3-9-15/h6-7,12-13,15-16H,2-5,8-11,14H2,1H3,(H,21,25)(H,22,24). The minimum Gasteiger partial charge on any atom is -0.349 e. The summed E-state index contributed by atoms with van der Waals surface area (Å²) in [5.74, 6) is -0.150. The summed E-state index contributed by atoms with van der Waals surface area (Å²) in [5.41, 5.74) is 1.15. The van der Waals surface area contributed by atoms with Crippen LogP contribution in [0.4, 0.5) is 5.69 Å². The van der Waals surface area contributed by atoms with E-state index in [0.29, 0.717) is 23.8 Å². The second kappa shape index (κ2) is 8.48. The Morgan fingerprint density at radius 1 is 1.04 bits per heavy atom. The first-order valence-corrected chi connectivity index (χ1v) is 9.53. The quantitative estimate of drug-likeness (QED) is 0.834. The van der Waals surface area contributed by atoms with Gasteiger partial charge >= 0.3 is 0 Å². The average molecular weight is 343 g/mol. The highest BCUT2D eigenvalue weighted by Crippen LogP contribution is 2.23. The number of carbonyl (C=O) groups is 2. The lowest BCUT2D eigenvalue weighted by Gasteiger charge is -2.23. The Bertz CT molecular complexity index is 605. The summed E-state index contributed by atoms with van der Waals surface area (Å²) in [6.45, 7) is 0.364. The zero-order chi connectivity index (χ0) is 17.6. The Labute approximate surface area is 150 Å². The second-order valence-corrected chi connectivity index (χ2v) is 7.40. The van der Waals surface area contributed by atoms with E-state index in [1.807, 2.05) is 19.2 Å². The third kappa shape index (κ3) is 4.82. The molecule has 2 N–H and O–H groups in total. The van der Waals surface area contributed by atoms with E-state index in [-0.39, 0.29) is 17.9 Å². The molecule has 136 valence electrons. The maximum Gasteiger partial charge on any atom is 0.253 e. The second-order valence-electron chi connectivity index (χ2n) is 7.40. The van der Waals surface area contributed by atoms with Gasteiger partial charge in [-0.25, -0.2) is 0 Å². The van der Waals surface area contributed by atoms with E-state index in [4.69, 9.17) is 0 Å². The van der Waals surface area contributed by atoms with Crippen molar-refractivity contribution in [2.24, 2.45) is 0 Å². The van der Waals surface area contributed by atoms with Crippen molar-refractivity contribution in [3.05, 3.63) is 29.8 Å². The van der Waals surface area contributed by atoms with Gasteiger partial charge in [-0.3, -0.25) is 14.5 Å². The van der Waals surface area contributed by atoms with Gasteiger partial charge < -0.3 is 10.6 Å². The molecule has 0 unspecified atom stereocenters. The molecule has 0 bridgehead atoms. The molecule has 0 saturated heterocycles. The van der Waals surface area contributed by atoms with Crippen LogP contribution in [-0.4, -0.2) is 42.4 Å². The van der Waals surface area contributed by atoms with Crippen molar-refractivity contribution in [3.63, 3.8) is 0 Å². The molecule has 0 aromatic heterocycles. The molecule has 5 nitrogen and oxygen atoms in total. The molecular weight excluding hydrogens is 314 g/mol. The Morgan fingerprint density at radius 3 is 2.40 bits per heavy atom. The first-order chi connectivity index (χ1) is 12.1. The highest BCUT2D eigenvalue weighted by atomic mass is 16.2. The Kier molecular flexibility index (Phi) is 6.08. The molecule has 0 aliphatic heterocycles. The fraction of sp³-hybridized carbons (Fsp3) is 0.600. The average Bonchev–Trinajstić information content (AvgIpc) is 3.28. The number of rotatable bonds is 6. The van der Waals surface area contributed by atoms with Gasteiger partial charge in [0.25, 0.3) is 5.91 Å². The largest absolute Gasteiger partial charge is 0.349 e. The molecule has 1 aromatic carbocycles. The van der Waals surface area contributed by atoms with Crippen molar-refractivity contribution in [2.75, 3.05) is 18.9 Å². The predicted octanol–water partition coefficient (Wildman–Crippen LogP) is 3.17. The van der Waals surface area contributed by atoms with Crippen molar-refractivity contribution >= 4 is 17.5 Å². The van der Waals surface area contributed by atoms with E-state index in [9.17, 15) is 9.59 Å². The molecule has 5 heteroatoms. The molecule has 25 heavy (non-hydrogen) atoms. The van der Waals surface area contributed by atoms with Gasteiger partial charge in [0.2, 0.25) is 5.91 Å². The number of anilines is 1. The van der Waals surface area contributed by atoms with Gasteiger partial charge in [-0.2, -0.15) is 0 Å². The predicted molar refractivity (Wildman–Crippen MR) is 99.7 cm³/mol. The minimum atomic E-state index is -0.0908. The van der Waals surface area contributed by atoms with Gasteiger partial charge in [-0.05, 0) is 44.9 Å². The molecule has 0 radical (unpaired) electrons. The third-order valence-electron chi connectivity index (χ3n) is 5.48. The smallest absolute Gasteiger partial charge is 0.253 e. The normalized spacial score (nSPS) is 18.6. The fourth-order valence-corrected chi connectivity index (χ4v) is 4.01. The summed E-state index contributed by atoms with van der Waals surface area (Å²) in [5, 5.41) is 6.02. The minimum absolute atomic E-state index is 0.0597. The molecule has 0 spiro atoms. The number of para-hydroxylation sites is 1. The summed E-state index contributed by atoms with van der Waals surface area (Å²) >= 11 is 0. The van der Waals surface area contributed by atoms with Gasteiger partial charge in [-0.1, -0.05) is 37.8 Å². The monoisotopic (exact) mass is 343 g/mol. The van der Waals surface area contributed by atoms with Crippen LogP contribution in [0.2, 0.25) is 0 Å². The van der Waals surface area contributed by atoms with Gasteiger partial charge in [0.1, 0.15) is 0 Å². The number of nitrogens with zero attached hydrogens (tertiary/aromatic N) is 1. The van der Waals surface area contributed by atoms with Crippen LogP contribution in [0.5, 0.6) is 0 Å². The molecule has 2 fully saturated rings. The molecule has 0 heterocycles. The van der Waals surface area contributed by atoms with Crippen molar-refractivity contribution < 1.29 is 9.59 Å². The van der Waals surface area contributed by atoms with Crippen LogP contribution >= 0.6 is 0 Å². The van der Waals surface area contributed by atoms with Gasteiger partial charge in [0.15, 0.2) is 0 Å². The summed E-state index contributed by atoms with van der Waals surface area (Å²) in [7, 11) is 2.01. The lowest BCUT2D eigenvalue weighted by Crippen LogP contribution is -2.37. The zero-order valence-electron chi connectivity index (χ0n) is 15.1. The summed E-state index contributed by atoms with van der Waals surface area (Å²) in [6, 6.07) is 8.04. The molecular formula is C20H29N3O2. The van der Waals surface area contributed by atoms with Crippen LogP contribution in [0.1, 0.15) is 61.7 Å². The third-order valence-corrected chi connectivity index (χ3v) is 5.48. The van der Waals surface area contributed by atoms with Gasteiger partial charge in [-0.15, -0.1) is 0 Å². The SMILES string of the molecule is CN(CC(=O)Nc1ccccc1C(=O)NC1CCCC1)C1CCCC1. The van der Waals surface area contributed by atoms with Crippen LogP contribution in [0, 0.1) is 0 Å². The summed E-state index contributed by atoms with van der Waals surface area (Å²) in [4.78, 5) is 27.1. The zero-order valence-corrected chi connectivity index (χ0v) is 15.1. The van der Waals surface area contributed by atoms with Crippen LogP contribution in [0.15, 0.2) is 24.3 Å². The maximum atomic E-state index is 12.6. The van der Waals surface area contributed by atoms with E-state index >= 15 is 0 Å². The number of nitrogens with one attached hydrogen (secondary N) is 2. The van der Waals surface area contributed by atoms with E-state index in [0.717, 1.165) is 12.8 Å². The first kappa shape index (κ1) is 17.9. The lowest BCUT2D eigenvalue weighted by molar-refractivity contribution is -0.117. The van der Waals surface area contributed by atoms with Crippen molar-refractivity contribution in [2.45, 2.75) is 63.5 Å². The van der Waals surface area contributed by atoms with Crippen molar-refractivity contribution in [1.82, 2.24) is 10.2 Å². The van der Waals surface area contributed by atoms with Crippen molar-refractivity contribution in [3.8, 4) is 0 Å². The van der Waals surface area contributed by atoms with E-state index in [1.54, 1.807) is 12.1 Å². The number of hydrogen-bond acceptors (Lipinski definition) is 3. The number of carbonyl (C=O) groups excluding carboxylic acids is 2. The Morgan fingerprint density at radius 2 is 1.68 bits per heavy atom. The van der Waals surface area contributed by atoms with E-state index in [2.05, 4.69) is 15.5 Å². The highest BCUT2D eigenvalue weighted by molar-refractivity contribution is 6.04. The number of hydrogen-bond donors (Lipinski definition) is 2. The molecule has 1 aromatic rings.